The van der Waals surface area contributed by atoms with Gasteiger partial charge >= 0.3 is 8.80 Å². The molecule has 0 unspecified atom stereocenters. The number of rotatable bonds is 18. The van der Waals surface area contributed by atoms with Crippen LogP contribution in [-0.4, -0.2) is 73.8 Å². The Morgan fingerprint density at radius 1 is 0.760 bits per heavy atom. The van der Waals surface area contributed by atoms with E-state index in [1.165, 1.54) is 0 Å². The molecule has 25 heavy (non-hydrogen) atoms. The van der Waals surface area contributed by atoms with Crippen molar-refractivity contribution < 1.29 is 35.7 Å². The van der Waals surface area contributed by atoms with Crippen LogP contribution in [-0.2, 0) is 32.9 Å². The summed E-state index contributed by atoms with van der Waals surface area (Å²) in [5.41, 5.74) is 0. The minimum Gasteiger partial charge on any atom is -0.379 e. The molecule has 0 aliphatic heterocycles. The summed E-state index contributed by atoms with van der Waals surface area (Å²) in [4.78, 5) is 0. The highest BCUT2D eigenvalue weighted by molar-refractivity contribution is 7.85. The molecule has 152 valence electrons. The fourth-order valence-electron chi connectivity index (χ4n) is 2.21. The quantitative estimate of drug-likeness (QED) is 0.211. The van der Waals surface area contributed by atoms with Crippen molar-refractivity contribution in [2.75, 3.05) is 52.0 Å². The Kier molecular flexibility index (Phi) is 15.0. The molecule has 0 aliphatic carbocycles. The van der Waals surface area contributed by atoms with Gasteiger partial charge in [0.05, 0.1) is 19.0 Å². The maximum Gasteiger partial charge on any atom is 0.500 e. The second kappa shape index (κ2) is 15.0. The maximum absolute atomic E-state index is 10.5. The van der Waals surface area contributed by atoms with Crippen LogP contribution in [0.4, 0.5) is 0 Å². The van der Waals surface area contributed by atoms with Gasteiger partial charge in [0.15, 0.2) is 0 Å². The summed E-state index contributed by atoms with van der Waals surface area (Å²) in [6, 6.07) is 0.776. The summed E-state index contributed by atoms with van der Waals surface area (Å²) in [5, 5.41) is 0. The number of hydrogen-bond donors (Lipinski definition) is 1. The smallest absolute Gasteiger partial charge is 0.379 e. The lowest BCUT2D eigenvalue weighted by Gasteiger charge is -2.28. The molecule has 0 saturated carbocycles. The minimum absolute atomic E-state index is 0.276. The van der Waals surface area contributed by atoms with E-state index in [0.717, 1.165) is 18.9 Å². The van der Waals surface area contributed by atoms with E-state index < -0.39 is 18.9 Å². The van der Waals surface area contributed by atoms with Crippen molar-refractivity contribution in [2.45, 2.75) is 46.1 Å². The average molecular weight is 403 g/mol. The van der Waals surface area contributed by atoms with Gasteiger partial charge in [0.25, 0.3) is 10.1 Å². The predicted octanol–water partition coefficient (Wildman–Crippen LogP) is 2.13. The van der Waals surface area contributed by atoms with E-state index in [9.17, 15) is 8.42 Å². The first-order valence-corrected chi connectivity index (χ1v) is 12.5. The molecule has 0 spiro atoms. The van der Waals surface area contributed by atoms with Crippen molar-refractivity contribution in [3.63, 3.8) is 0 Å². The van der Waals surface area contributed by atoms with Gasteiger partial charge in [-0.3, -0.25) is 4.55 Å². The van der Waals surface area contributed by atoms with Crippen LogP contribution in [0.15, 0.2) is 0 Å². The standard InChI is InChI=1S/C15H34O8SSi/c1-4-21-25(22-5-2,23-6-3)15-8-7-10-19-12-13-20-11-9-14-24(16,17)18/h4-15H2,1-3H3,(H,16,17,18). The molecular weight excluding hydrogens is 368 g/mol. The Bertz CT molecular complexity index is 387. The molecule has 0 saturated heterocycles. The summed E-state index contributed by atoms with van der Waals surface area (Å²) in [5.74, 6) is -0.279. The number of ether oxygens (including phenoxy) is 2. The largest absolute Gasteiger partial charge is 0.500 e. The van der Waals surface area contributed by atoms with E-state index in [1.807, 2.05) is 20.8 Å². The Hall–Kier alpha value is -0.0731. The minimum atomic E-state index is -3.90. The molecule has 0 atom stereocenters. The first kappa shape index (κ1) is 24.9. The van der Waals surface area contributed by atoms with Crippen LogP contribution >= 0.6 is 0 Å². The molecule has 0 bridgehead atoms. The second-order valence-corrected chi connectivity index (χ2v) is 9.61. The zero-order valence-electron chi connectivity index (χ0n) is 15.7. The summed E-state index contributed by atoms with van der Waals surface area (Å²) in [6.45, 7) is 9.33. The molecule has 0 heterocycles. The van der Waals surface area contributed by atoms with Crippen LogP contribution in [0, 0.1) is 0 Å². The molecule has 0 aromatic rings. The third kappa shape index (κ3) is 14.8. The molecule has 0 aromatic carbocycles. The van der Waals surface area contributed by atoms with Gasteiger partial charge in [0.1, 0.15) is 0 Å². The molecule has 0 amide bonds. The van der Waals surface area contributed by atoms with Gasteiger partial charge in [-0.2, -0.15) is 8.42 Å². The lowest BCUT2D eigenvalue weighted by atomic mass is 10.4. The zero-order valence-corrected chi connectivity index (χ0v) is 17.5. The molecule has 0 aromatic heterocycles. The Morgan fingerprint density at radius 2 is 1.24 bits per heavy atom. The van der Waals surface area contributed by atoms with Crippen LogP contribution in [0.25, 0.3) is 0 Å². The molecule has 0 aliphatic rings. The van der Waals surface area contributed by atoms with E-state index in [2.05, 4.69) is 0 Å². The van der Waals surface area contributed by atoms with E-state index in [0.29, 0.717) is 39.6 Å². The van der Waals surface area contributed by atoms with E-state index >= 15 is 0 Å². The fourth-order valence-corrected chi connectivity index (χ4v) is 5.38. The van der Waals surface area contributed by atoms with E-state index in [1.54, 1.807) is 0 Å². The van der Waals surface area contributed by atoms with Crippen LogP contribution in [0.5, 0.6) is 0 Å². The molecule has 0 rings (SSSR count). The highest BCUT2D eigenvalue weighted by atomic mass is 32.2. The van der Waals surface area contributed by atoms with E-state index in [-0.39, 0.29) is 18.8 Å². The Balaban J connectivity index is 3.69. The summed E-state index contributed by atoms with van der Waals surface area (Å²) in [7, 11) is -6.45. The third-order valence-electron chi connectivity index (χ3n) is 3.18. The van der Waals surface area contributed by atoms with Gasteiger partial charge in [-0.15, -0.1) is 0 Å². The number of hydrogen-bond acceptors (Lipinski definition) is 7. The summed E-state index contributed by atoms with van der Waals surface area (Å²) in [6.07, 6.45) is 2.06. The highest BCUT2D eigenvalue weighted by Gasteiger charge is 2.39. The monoisotopic (exact) mass is 402 g/mol. The van der Waals surface area contributed by atoms with Crippen molar-refractivity contribution in [2.24, 2.45) is 0 Å². The van der Waals surface area contributed by atoms with Crippen LogP contribution in [0.3, 0.4) is 0 Å². The molecule has 10 heteroatoms. The van der Waals surface area contributed by atoms with E-state index in [4.69, 9.17) is 27.3 Å². The Morgan fingerprint density at radius 3 is 1.68 bits per heavy atom. The summed E-state index contributed by atoms with van der Waals surface area (Å²) < 4.78 is 57.7. The maximum atomic E-state index is 10.5. The SMILES string of the molecule is CCO[Si](CCCCOCCOCCCS(=O)(=O)O)(OCC)OCC. The zero-order chi connectivity index (χ0) is 19.0. The first-order valence-electron chi connectivity index (χ1n) is 8.91. The molecule has 0 fully saturated rings. The van der Waals surface area contributed by atoms with Crippen LogP contribution in [0.1, 0.15) is 40.0 Å². The van der Waals surface area contributed by atoms with Crippen LogP contribution in [0.2, 0.25) is 6.04 Å². The lowest BCUT2D eigenvalue weighted by Crippen LogP contribution is -2.45. The predicted molar refractivity (Wildman–Crippen MR) is 97.3 cm³/mol. The highest BCUT2D eigenvalue weighted by Crippen LogP contribution is 2.19. The normalized spacial score (nSPS) is 12.6. The molecular formula is C15H34O8SSi. The van der Waals surface area contributed by atoms with Gasteiger partial charge in [0.2, 0.25) is 0 Å². The van der Waals surface area contributed by atoms with Crippen molar-refractivity contribution in [3.8, 4) is 0 Å². The van der Waals surface area contributed by atoms with Gasteiger partial charge in [0, 0.05) is 39.1 Å². The molecule has 1 N–H and O–H groups in total. The Labute approximate surface area is 153 Å². The fraction of sp³-hybridized carbons (Fsp3) is 1.00. The topological polar surface area (TPSA) is 101 Å². The van der Waals surface area contributed by atoms with Crippen LogP contribution < -0.4 is 0 Å². The van der Waals surface area contributed by atoms with Crippen molar-refractivity contribution in [1.29, 1.82) is 0 Å². The number of unbranched alkanes of at least 4 members (excludes halogenated alkanes) is 1. The van der Waals surface area contributed by atoms with Gasteiger partial charge < -0.3 is 22.8 Å². The lowest BCUT2D eigenvalue weighted by molar-refractivity contribution is 0.0454. The third-order valence-corrected chi connectivity index (χ3v) is 7.13. The summed E-state index contributed by atoms with van der Waals surface area (Å²) >= 11 is 0. The molecule has 8 nitrogen and oxygen atoms in total. The van der Waals surface area contributed by atoms with Gasteiger partial charge in [-0.05, 0) is 40.0 Å². The molecule has 0 radical (unpaired) electrons. The second-order valence-electron chi connectivity index (χ2n) is 5.30. The van der Waals surface area contributed by atoms with Gasteiger partial charge in [-0.1, -0.05) is 0 Å². The average Bonchev–Trinajstić information content (AvgIpc) is 2.52. The van der Waals surface area contributed by atoms with Crippen molar-refractivity contribution in [1.82, 2.24) is 0 Å². The van der Waals surface area contributed by atoms with Gasteiger partial charge in [-0.25, -0.2) is 0 Å². The van der Waals surface area contributed by atoms with Crippen molar-refractivity contribution >= 4 is 18.9 Å². The first-order chi connectivity index (χ1) is 11.9. The van der Waals surface area contributed by atoms with Crippen molar-refractivity contribution in [3.05, 3.63) is 0 Å².